The summed E-state index contributed by atoms with van der Waals surface area (Å²) in [5, 5.41) is 0. The second-order valence-electron chi connectivity index (χ2n) is 6.96. The molecule has 0 spiro atoms. The quantitative estimate of drug-likeness (QED) is 0.558. The number of pyridine rings is 2. The van der Waals surface area contributed by atoms with Crippen molar-refractivity contribution in [2.75, 3.05) is 11.4 Å². The second kappa shape index (κ2) is 8.63. The van der Waals surface area contributed by atoms with Crippen molar-refractivity contribution in [3.8, 4) is 0 Å². The van der Waals surface area contributed by atoms with E-state index in [9.17, 15) is 0 Å². The van der Waals surface area contributed by atoms with Crippen LogP contribution in [-0.4, -0.2) is 16.5 Å². The van der Waals surface area contributed by atoms with E-state index < -0.39 is 0 Å². The van der Waals surface area contributed by atoms with E-state index >= 15 is 0 Å². The van der Waals surface area contributed by atoms with E-state index in [1.165, 1.54) is 42.4 Å². The lowest BCUT2D eigenvalue weighted by Gasteiger charge is -2.25. The predicted octanol–water partition coefficient (Wildman–Crippen LogP) is 5.81. The van der Waals surface area contributed by atoms with Gasteiger partial charge in [-0.3, -0.25) is 9.97 Å². The minimum Gasteiger partial charge on any atom is -0.339 e. The number of nitrogens with zero attached hydrogens (tertiary/aromatic N) is 3. The molecule has 3 aromatic rings. The smallest absolute Gasteiger partial charge is 0.0597 e. The maximum Gasteiger partial charge on any atom is 0.0597 e. The molecule has 136 valence electrons. The van der Waals surface area contributed by atoms with Crippen LogP contribution in [0.25, 0.3) is 5.57 Å². The summed E-state index contributed by atoms with van der Waals surface area (Å²) in [6.07, 6.45) is 15.9. The van der Waals surface area contributed by atoms with E-state index in [-0.39, 0.29) is 0 Å². The molecule has 27 heavy (non-hydrogen) atoms. The molecular formula is C24H25N3. The van der Waals surface area contributed by atoms with E-state index in [0.717, 1.165) is 24.3 Å². The number of hydrogen-bond acceptors (Lipinski definition) is 3. The number of rotatable bonds is 6. The van der Waals surface area contributed by atoms with Gasteiger partial charge in [0.05, 0.1) is 23.8 Å². The third-order valence-electron chi connectivity index (χ3n) is 5.17. The van der Waals surface area contributed by atoms with Crippen molar-refractivity contribution in [1.29, 1.82) is 0 Å². The van der Waals surface area contributed by atoms with E-state index in [1.807, 2.05) is 36.9 Å². The van der Waals surface area contributed by atoms with Gasteiger partial charge in [0.15, 0.2) is 0 Å². The van der Waals surface area contributed by atoms with Gasteiger partial charge < -0.3 is 4.90 Å². The Morgan fingerprint density at radius 3 is 2.19 bits per heavy atom. The molecular weight excluding hydrogens is 330 g/mol. The fraction of sp³-hybridized carbons (Fsp3) is 0.250. The number of aromatic nitrogens is 2. The topological polar surface area (TPSA) is 29.0 Å². The molecule has 0 amide bonds. The SMILES string of the molecule is C1=C(c2ccccc2CCN(c2cccnc2)c2cccnc2)CCCC1. The first kappa shape index (κ1) is 17.5. The zero-order valence-electron chi connectivity index (χ0n) is 15.6. The third kappa shape index (κ3) is 4.25. The van der Waals surface area contributed by atoms with Gasteiger partial charge in [-0.15, -0.1) is 0 Å². The van der Waals surface area contributed by atoms with E-state index in [0.29, 0.717) is 0 Å². The average Bonchev–Trinajstić information content (AvgIpc) is 2.76. The van der Waals surface area contributed by atoms with Crippen molar-refractivity contribution in [3.05, 3.63) is 90.5 Å². The molecule has 3 nitrogen and oxygen atoms in total. The minimum absolute atomic E-state index is 0.891. The lowest BCUT2D eigenvalue weighted by Crippen LogP contribution is -2.21. The third-order valence-corrected chi connectivity index (χ3v) is 5.17. The Morgan fingerprint density at radius 2 is 1.56 bits per heavy atom. The van der Waals surface area contributed by atoms with Crippen LogP contribution in [0.4, 0.5) is 11.4 Å². The van der Waals surface area contributed by atoms with Gasteiger partial charge >= 0.3 is 0 Å². The summed E-state index contributed by atoms with van der Waals surface area (Å²) in [4.78, 5) is 10.9. The van der Waals surface area contributed by atoms with Crippen molar-refractivity contribution in [3.63, 3.8) is 0 Å². The summed E-state index contributed by atoms with van der Waals surface area (Å²) in [6.45, 7) is 0.891. The standard InChI is InChI=1S/C24H25N3/c1-2-8-20(9-3-1)24-13-5-4-10-21(24)14-17-27(22-11-6-15-25-18-22)23-12-7-16-26-19-23/h4-8,10-13,15-16,18-19H,1-3,9,14,17H2. The lowest BCUT2D eigenvalue weighted by molar-refractivity contribution is 0.741. The highest BCUT2D eigenvalue weighted by Crippen LogP contribution is 2.30. The molecule has 0 aliphatic heterocycles. The summed E-state index contributed by atoms with van der Waals surface area (Å²) in [5.41, 5.74) is 6.56. The summed E-state index contributed by atoms with van der Waals surface area (Å²) >= 11 is 0. The van der Waals surface area contributed by atoms with Gasteiger partial charge in [-0.25, -0.2) is 0 Å². The average molecular weight is 355 g/mol. The second-order valence-corrected chi connectivity index (χ2v) is 6.96. The molecule has 0 saturated carbocycles. The Morgan fingerprint density at radius 1 is 0.815 bits per heavy atom. The number of benzene rings is 1. The molecule has 0 fully saturated rings. The van der Waals surface area contributed by atoms with Crippen LogP contribution in [0, 0.1) is 0 Å². The molecule has 2 heterocycles. The molecule has 1 aliphatic rings. The predicted molar refractivity (Wildman–Crippen MR) is 112 cm³/mol. The first-order valence-electron chi connectivity index (χ1n) is 9.77. The molecule has 1 aromatic carbocycles. The Labute approximate surface area is 161 Å². The Balaban J connectivity index is 1.60. The van der Waals surface area contributed by atoms with Crippen molar-refractivity contribution in [2.24, 2.45) is 0 Å². The van der Waals surface area contributed by atoms with Gasteiger partial charge in [-0.05, 0) is 73.1 Å². The van der Waals surface area contributed by atoms with Crippen LogP contribution in [0.2, 0.25) is 0 Å². The number of anilines is 2. The van der Waals surface area contributed by atoms with Crippen LogP contribution in [0.15, 0.2) is 79.4 Å². The van der Waals surface area contributed by atoms with Crippen LogP contribution >= 0.6 is 0 Å². The molecule has 2 aromatic heterocycles. The van der Waals surface area contributed by atoms with E-state index in [2.05, 4.69) is 57.3 Å². The molecule has 1 aliphatic carbocycles. The Kier molecular flexibility index (Phi) is 5.58. The van der Waals surface area contributed by atoms with Crippen LogP contribution in [0.3, 0.4) is 0 Å². The Hall–Kier alpha value is -2.94. The monoisotopic (exact) mass is 355 g/mol. The maximum atomic E-state index is 4.31. The molecule has 0 bridgehead atoms. The van der Waals surface area contributed by atoms with Crippen molar-refractivity contribution in [1.82, 2.24) is 9.97 Å². The zero-order valence-corrected chi connectivity index (χ0v) is 15.6. The Bertz CT molecular complexity index is 848. The molecule has 0 radical (unpaired) electrons. The normalized spacial score (nSPS) is 13.9. The van der Waals surface area contributed by atoms with E-state index in [4.69, 9.17) is 0 Å². The largest absolute Gasteiger partial charge is 0.339 e. The highest BCUT2D eigenvalue weighted by molar-refractivity contribution is 5.69. The van der Waals surface area contributed by atoms with Crippen LogP contribution < -0.4 is 4.90 Å². The van der Waals surface area contributed by atoms with Gasteiger partial charge in [0.2, 0.25) is 0 Å². The summed E-state index contributed by atoms with van der Waals surface area (Å²) in [5.74, 6) is 0. The molecule has 0 unspecified atom stereocenters. The van der Waals surface area contributed by atoms with Crippen LogP contribution in [-0.2, 0) is 6.42 Å². The van der Waals surface area contributed by atoms with Gasteiger partial charge in [-0.1, -0.05) is 30.3 Å². The highest BCUT2D eigenvalue weighted by Gasteiger charge is 2.13. The molecule has 0 atom stereocenters. The molecule has 3 heteroatoms. The number of allylic oxidation sites excluding steroid dienone is 2. The highest BCUT2D eigenvalue weighted by atomic mass is 15.1. The van der Waals surface area contributed by atoms with Crippen LogP contribution in [0.5, 0.6) is 0 Å². The zero-order chi connectivity index (χ0) is 18.3. The first-order valence-corrected chi connectivity index (χ1v) is 9.77. The fourth-order valence-electron chi connectivity index (χ4n) is 3.80. The first-order chi connectivity index (χ1) is 13.4. The van der Waals surface area contributed by atoms with Crippen LogP contribution in [0.1, 0.15) is 36.8 Å². The summed E-state index contributed by atoms with van der Waals surface area (Å²) in [6, 6.07) is 17.1. The van der Waals surface area contributed by atoms with E-state index in [1.54, 1.807) is 0 Å². The maximum absolute atomic E-state index is 4.31. The van der Waals surface area contributed by atoms with Gasteiger partial charge in [0, 0.05) is 18.9 Å². The fourth-order valence-corrected chi connectivity index (χ4v) is 3.80. The van der Waals surface area contributed by atoms with Gasteiger partial charge in [0.1, 0.15) is 0 Å². The van der Waals surface area contributed by atoms with Gasteiger partial charge in [0.25, 0.3) is 0 Å². The number of hydrogen-bond donors (Lipinski definition) is 0. The molecule has 4 rings (SSSR count). The van der Waals surface area contributed by atoms with Crippen molar-refractivity contribution >= 4 is 16.9 Å². The van der Waals surface area contributed by atoms with Gasteiger partial charge in [-0.2, -0.15) is 0 Å². The minimum atomic E-state index is 0.891. The summed E-state index contributed by atoms with van der Waals surface area (Å²) < 4.78 is 0. The lowest BCUT2D eigenvalue weighted by atomic mass is 9.90. The van der Waals surface area contributed by atoms with Crippen molar-refractivity contribution in [2.45, 2.75) is 32.1 Å². The summed E-state index contributed by atoms with van der Waals surface area (Å²) in [7, 11) is 0. The van der Waals surface area contributed by atoms with Crippen molar-refractivity contribution < 1.29 is 0 Å². The molecule has 0 saturated heterocycles. The molecule has 0 N–H and O–H groups in total.